The van der Waals surface area contributed by atoms with Gasteiger partial charge in [0.2, 0.25) is 0 Å². The van der Waals surface area contributed by atoms with Crippen LogP contribution in [-0.4, -0.2) is 13.1 Å². The molecule has 0 rings (SSSR count). The smallest absolute Gasteiger partial charge is 0.0128 e. The first-order valence-electron chi connectivity index (χ1n) is 7.20. The van der Waals surface area contributed by atoms with E-state index in [-0.39, 0.29) is 0 Å². The lowest BCUT2D eigenvalue weighted by molar-refractivity contribution is 0.344. The van der Waals surface area contributed by atoms with Crippen LogP contribution in [0.15, 0.2) is 0 Å². The van der Waals surface area contributed by atoms with E-state index in [2.05, 4.69) is 38.5 Å². The highest BCUT2D eigenvalue weighted by molar-refractivity contribution is 4.63. The number of unbranched alkanes of at least 4 members (excludes halogenated alkanes) is 1. The summed E-state index contributed by atoms with van der Waals surface area (Å²) in [5.41, 5.74) is 6.54. The number of rotatable bonds is 11. The second-order valence-electron chi connectivity index (χ2n) is 5.01. The molecule has 2 heteroatoms. The number of hydrogen-bond acceptors (Lipinski definition) is 2. The molecule has 0 spiro atoms. The first-order chi connectivity index (χ1) is 7.74. The number of hydrogen-bond donors (Lipinski definition) is 2. The molecule has 2 atom stereocenters. The quantitative estimate of drug-likeness (QED) is 0.416. The molecule has 2 unspecified atom stereocenters. The number of nitrogens with one attached hydrogen (secondary N) is 2. The van der Waals surface area contributed by atoms with E-state index in [1.807, 2.05) is 0 Å². The zero-order chi connectivity index (χ0) is 12.2. The summed E-state index contributed by atoms with van der Waals surface area (Å²) in [4.78, 5) is 0. The standard InChI is InChI=1S/C14H32N2/c1-5-8-9-14(12-16-15-7-3)11-10-13(4)6-2/h13-16H,5-12H2,1-4H3. The summed E-state index contributed by atoms with van der Waals surface area (Å²) in [7, 11) is 0. The van der Waals surface area contributed by atoms with Gasteiger partial charge < -0.3 is 0 Å². The minimum atomic E-state index is 0.855. The van der Waals surface area contributed by atoms with Crippen molar-refractivity contribution in [1.29, 1.82) is 0 Å². The maximum atomic E-state index is 3.34. The van der Waals surface area contributed by atoms with E-state index in [4.69, 9.17) is 0 Å². The van der Waals surface area contributed by atoms with Crippen molar-refractivity contribution in [2.75, 3.05) is 13.1 Å². The summed E-state index contributed by atoms with van der Waals surface area (Å²) in [6.45, 7) is 11.2. The van der Waals surface area contributed by atoms with Crippen LogP contribution < -0.4 is 10.9 Å². The van der Waals surface area contributed by atoms with Gasteiger partial charge >= 0.3 is 0 Å². The molecule has 2 nitrogen and oxygen atoms in total. The van der Waals surface area contributed by atoms with Gasteiger partial charge in [-0.15, -0.1) is 0 Å². The average Bonchev–Trinajstić information content (AvgIpc) is 2.31. The molecule has 16 heavy (non-hydrogen) atoms. The van der Waals surface area contributed by atoms with Gasteiger partial charge in [-0.05, 0) is 24.7 Å². The zero-order valence-electron chi connectivity index (χ0n) is 11.8. The molecule has 0 bridgehead atoms. The molecular formula is C14H32N2. The Morgan fingerprint density at radius 3 is 2.25 bits per heavy atom. The number of hydrazine groups is 1. The third-order valence-corrected chi connectivity index (χ3v) is 3.42. The lowest BCUT2D eigenvalue weighted by Crippen LogP contribution is -2.35. The third-order valence-electron chi connectivity index (χ3n) is 3.42. The van der Waals surface area contributed by atoms with Crippen molar-refractivity contribution in [2.45, 2.75) is 66.2 Å². The lowest BCUT2D eigenvalue weighted by Gasteiger charge is -2.19. The monoisotopic (exact) mass is 228 g/mol. The normalized spacial score (nSPS) is 15.0. The summed E-state index contributed by atoms with van der Waals surface area (Å²) in [5.74, 6) is 1.75. The van der Waals surface area contributed by atoms with Crippen molar-refractivity contribution in [2.24, 2.45) is 11.8 Å². The SMILES string of the molecule is CCCCC(CCC(C)CC)CNNCC. The van der Waals surface area contributed by atoms with Gasteiger partial charge in [0.25, 0.3) is 0 Å². The fourth-order valence-electron chi connectivity index (χ4n) is 1.91. The summed E-state index contributed by atoms with van der Waals surface area (Å²) in [6, 6.07) is 0. The van der Waals surface area contributed by atoms with E-state index in [9.17, 15) is 0 Å². The second kappa shape index (κ2) is 11.4. The average molecular weight is 228 g/mol. The molecule has 0 aromatic heterocycles. The molecule has 0 amide bonds. The summed E-state index contributed by atoms with van der Waals surface area (Å²) >= 11 is 0. The molecule has 0 aliphatic rings. The van der Waals surface area contributed by atoms with Crippen LogP contribution in [0.25, 0.3) is 0 Å². The molecular weight excluding hydrogens is 196 g/mol. The predicted molar refractivity (Wildman–Crippen MR) is 73.4 cm³/mol. The summed E-state index contributed by atoms with van der Waals surface area (Å²) in [6.07, 6.45) is 8.17. The Balaban J connectivity index is 3.70. The van der Waals surface area contributed by atoms with Gasteiger partial charge in [0, 0.05) is 13.1 Å². The Bertz CT molecular complexity index is 137. The van der Waals surface area contributed by atoms with Gasteiger partial charge in [-0.25, -0.2) is 0 Å². The molecule has 0 radical (unpaired) electrons. The van der Waals surface area contributed by atoms with Crippen molar-refractivity contribution < 1.29 is 0 Å². The Labute approximate surface area is 103 Å². The van der Waals surface area contributed by atoms with Gasteiger partial charge in [-0.2, -0.15) is 0 Å². The van der Waals surface area contributed by atoms with Crippen molar-refractivity contribution in [3.8, 4) is 0 Å². The Morgan fingerprint density at radius 1 is 0.938 bits per heavy atom. The van der Waals surface area contributed by atoms with Crippen LogP contribution in [0.4, 0.5) is 0 Å². The third kappa shape index (κ3) is 9.17. The van der Waals surface area contributed by atoms with E-state index in [0.29, 0.717) is 0 Å². The van der Waals surface area contributed by atoms with Gasteiger partial charge in [0.15, 0.2) is 0 Å². The van der Waals surface area contributed by atoms with Gasteiger partial charge in [0.1, 0.15) is 0 Å². The van der Waals surface area contributed by atoms with E-state index >= 15 is 0 Å². The van der Waals surface area contributed by atoms with E-state index in [1.165, 1.54) is 38.5 Å². The Hall–Kier alpha value is -0.0800. The maximum absolute atomic E-state index is 3.34. The fourth-order valence-corrected chi connectivity index (χ4v) is 1.91. The zero-order valence-corrected chi connectivity index (χ0v) is 11.8. The predicted octanol–water partition coefficient (Wildman–Crippen LogP) is 3.73. The first-order valence-corrected chi connectivity index (χ1v) is 7.20. The van der Waals surface area contributed by atoms with Crippen LogP contribution in [0, 0.1) is 11.8 Å². The molecule has 0 aromatic carbocycles. The highest BCUT2D eigenvalue weighted by Crippen LogP contribution is 2.19. The van der Waals surface area contributed by atoms with Crippen LogP contribution in [0.1, 0.15) is 66.2 Å². The fraction of sp³-hybridized carbons (Fsp3) is 1.00. The van der Waals surface area contributed by atoms with Crippen LogP contribution >= 0.6 is 0 Å². The second-order valence-corrected chi connectivity index (χ2v) is 5.01. The molecule has 0 aliphatic carbocycles. The molecule has 0 aromatic rings. The molecule has 98 valence electrons. The topological polar surface area (TPSA) is 24.1 Å². The van der Waals surface area contributed by atoms with Crippen molar-refractivity contribution in [3.05, 3.63) is 0 Å². The molecule has 0 heterocycles. The molecule has 0 fully saturated rings. The van der Waals surface area contributed by atoms with E-state index in [0.717, 1.165) is 24.9 Å². The largest absolute Gasteiger partial charge is 0.258 e. The summed E-state index contributed by atoms with van der Waals surface area (Å²) in [5, 5.41) is 0. The van der Waals surface area contributed by atoms with Crippen molar-refractivity contribution in [1.82, 2.24) is 10.9 Å². The van der Waals surface area contributed by atoms with Crippen LogP contribution in [0.2, 0.25) is 0 Å². The van der Waals surface area contributed by atoms with Crippen LogP contribution in [0.5, 0.6) is 0 Å². The highest BCUT2D eigenvalue weighted by Gasteiger charge is 2.09. The van der Waals surface area contributed by atoms with Crippen LogP contribution in [0.3, 0.4) is 0 Å². The summed E-state index contributed by atoms with van der Waals surface area (Å²) < 4.78 is 0. The highest BCUT2D eigenvalue weighted by atomic mass is 15.3. The minimum Gasteiger partial charge on any atom is -0.258 e. The van der Waals surface area contributed by atoms with Gasteiger partial charge in [-0.3, -0.25) is 10.9 Å². The molecule has 0 saturated carbocycles. The minimum absolute atomic E-state index is 0.855. The van der Waals surface area contributed by atoms with E-state index in [1.54, 1.807) is 0 Å². The molecule has 2 N–H and O–H groups in total. The molecule has 0 saturated heterocycles. The van der Waals surface area contributed by atoms with Crippen LogP contribution in [-0.2, 0) is 0 Å². The lowest BCUT2D eigenvalue weighted by atomic mass is 9.92. The van der Waals surface area contributed by atoms with Crippen molar-refractivity contribution >= 4 is 0 Å². The van der Waals surface area contributed by atoms with Gasteiger partial charge in [-0.1, -0.05) is 53.4 Å². The first kappa shape index (κ1) is 15.9. The van der Waals surface area contributed by atoms with Gasteiger partial charge in [0.05, 0.1) is 0 Å². The van der Waals surface area contributed by atoms with Crippen molar-refractivity contribution in [3.63, 3.8) is 0 Å². The molecule has 0 aliphatic heterocycles. The Morgan fingerprint density at radius 2 is 1.69 bits per heavy atom. The van der Waals surface area contributed by atoms with E-state index < -0.39 is 0 Å². The maximum Gasteiger partial charge on any atom is 0.0128 e. The Kier molecular flexibility index (Phi) is 11.3.